The van der Waals surface area contributed by atoms with Crippen molar-refractivity contribution in [2.24, 2.45) is 0 Å². The summed E-state index contributed by atoms with van der Waals surface area (Å²) in [5.41, 5.74) is 0.954. The molecule has 0 radical (unpaired) electrons. The van der Waals surface area contributed by atoms with Gasteiger partial charge in [0.15, 0.2) is 9.84 Å². The lowest BCUT2D eigenvalue weighted by atomic mass is 9.89. The number of fused-ring (bicyclic) bond motifs is 1. The van der Waals surface area contributed by atoms with Crippen LogP contribution < -0.4 is 5.32 Å². The summed E-state index contributed by atoms with van der Waals surface area (Å²) in [7, 11) is -3.18. The predicted octanol–water partition coefficient (Wildman–Crippen LogP) is 1.48. The smallest absolute Gasteiger partial charge is 0.220 e. The molecule has 0 spiro atoms. The molecule has 1 aromatic rings. The first-order valence-electron chi connectivity index (χ1n) is 8.73. The van der Waals surface area contributed by atoms with Gasteiger partial charge in [0.2, 0.25) is 5.91 Å². The number of aryl methyl sites for hydroxylation is 1. The number of hydrogen-bond acceptors (Lipinski definition) is 5. The second kappa shape index (κ2) is 7.85. The maximum Gasteiger partial charge on any atom is 0.220 e. The highest BCUT2D eigenvalue weighted by Crippen LogP contribution is 2.26. The van der Waals surface area contributed by atoms with Crippen LogP contribution in [0.5, 0.6) is 0 Å². The van der Waals surface area contributed by atoms with Gasteiger partial charge in [-0.2, -0.15) is 0 Å². The molecule has 0 unspecified atom stereocenters. The van der Waals surface area contributed by atoms with Gasteiger partial charge >= 0.3 is 0 Å². The topological polar surface area (TPSA) is 81.7 Å². The number of amides is 1. The number of benzene rings is 1. The number of nitrogens with one attached hydrogen (secondary N) is 1. The molecule has 1 saturated heterocycles. The van der Waals surface area contributed by atoms with Crippen molar-refractivity contribution in [1.82, 2.24) is 5.32 Å². The standard InChI is InChI=1S/C18H25NO5S/c1-25(21,22)15-6-2-13(3-7-15)4-9-18(20)19-14-5-8-16-17(12-14)24-11-10-23-16/h2-3,6-7,14,16-17H,4-5,8-12H2,1H3,(H,19,20)/t14-,16-,17+/m1/s1. The van der Waals surface area contributed by atoms with E-state index in [1.54, 1.807) is 24.3 Å². The van der Waals surface area contributed by atoms with Crippen molar-refractivity contribution in [2.45, 2.75) is 55.2 Å². The Morgan fingerprint density at radius 1 is 1.12 bits per heavy atom. The van der Waals surface area contributed by atoms with Crippen molar-refractivity contribution < 1.29 is 22.7 Å². The van der Waals surface area contributed by atoms with E-state index in [2.05, 4.69) is 5.32 Å². The van der Waals surface area contributed by atoms with Crippen molar-refractivity contribution in [2.75, 3.05) is 19.5 Å². The number of sulfone groups is 1. The summed E-state index contributed by atoms with van der Waals surface area (Å²) in [6.07, 6.45) is 5.08. The van der Waals surface area contributed by atoms with Crippen LogP contribution in [0, 0.1) is 0 Å². The molecule has 1 N–H and O–H groups in total. The third-order valence-electron chi connectivity index (χ3n) is 4.84. The van der Waals surface area contributed by atoms with Crippen molar-refractivity contribution in [3.63, 3.8) is 0 Å². The molecule has 3 atom stereocenters. The molecule has 3 rings (SSSR count). The molecule has 1 aliphatic heterocycles. The molecule has 6 nitrogen and oxygen atoms in total. The van der Waals surface area contributed by atoms with E-state index >= 15 is 0 Å². The fraction of sp³-hybridized carbons (Fsp3) is 0.611. The van der Waals surface area contributed by atoms with Crippen LogP contribution in [0.1, 0.15) is 31.2 Å². The van der Waals surface area contributed by atoms with Gasteiger partial charge in [-0.25, -0.2) is 8.42 Å². The summed E-state index contributed by atoms with van der Waals surface area (Å²) >= 11 is 0. The first kappa shape index (κ1) is 18.4. The van der Waals surface area contributed by atoms with Gasteiger partial charge in [0.05, 0.1) is 30.3 Å². The van der Waals surface area contributed by atoms with Crippen molar-refractivity contribution in [3.05, 3.63) is 29.8 Å². The second-order valence-electron chi connectivity index (χ2n) is 6.81. The molecule has 1 saturated carbocycles. The van der Waals surface area contributed by atoms with Gasteiger partial charge in [0.1, 0.15) is 0 Å². The number of rotatable bonds is 5. The van der Waals surface area contributed by atoms with Crippen LogP contribution in [0.2, 0.25) is 0 Å². The van der Waals surface area contributed by atoms with Crippen LogP contribution in [0.25, 0.3) is 0 Å². The molecule has 0 aromatic heterocycles. The number of carbonyl (C=O) groups excluding carboxylic acids is 1. The summed E-state index contributed by atoms with van der Waals surface area (Å²) < 4.78 is 34.3. The van der Waals surface area contributed by atoms with Crippen LogP contribution in [0.4, 0.5) is 0 Å². The summed E-state index contributed by atoms with van der Waals surface area (Å²) in [6.45, 7) is 1.29. The third kappa shape index (κ3) is 5.03. The summed E-state index contributed by atoms with van der Waals surface area (Å²) in [4.78, 5) is 12.5. The lowest BCUT2D eigenvalue weighted by Gasteiger charge is -2.39. The lowest BCUT2D eigenvalue weighted by Crippen LogP contribution is -2.49. The van der Waals surface area contributed by atoms with Crippen LogP contribution in [-0.2, 0) is 30.5 Å². The molecule has 2 aliphatic rings. The molecule has 138 valence electrons. The highest BCUT2D eigenvalue weighted by atomic mass is 32.2. The minimum absolute atomic E-state index is 0.0207. The van der Waals surface area contributed by atoms with E-state index in [9.17, 15) is 13.2 Å². The van der Waals surface area contributed by atoms with Crippen LogP contribution in [0.15, 0.2) is 29.2 Å². The van der Waals surface area contributed by atoms with E-state index in [4.69, 9.17) is 9.47 Å². The number of hydrogen-bond donors (Lipinski definition) is 1. The molecule has 0 bridgehead atoms. The summed E-state index contributed by atoms with van der Waals surface area (Å²) in [6, 6.07) is 6.85. The van der Waals surface area contributed by atoms with E-state index < -0.39 is 9.84 Å². The van der Waals surface area contributed by atoms with Crippen molar-refractivity contribution in [3.8, 4) is 0 Å². The average Bonchev–Trinajstić information content (AvgIpc) is 2.59. The fourth-order valence-corrected chi connectivity index (χ4v) is 4.09. The zero-order valence-electron chi connectivity index (χ0n) is 14.4. The lowest BCUT2D eigenvalue weighted by molar-refractivity contribution is -0.158. The Morgan fingerprint density at radius 2 is 1.80 bits per heavy atom. The van der Waals surface area contributed by atoms with E-state index in [1.807, 2.05) is 0 Å². The van der Waals surface area contributed by atoms with Crippen LogP contribution in [0.3, 0.4) is 0 Å². The highest BCUT2D eigenvalue weighted by Gasteiger charge is 2.34. The van der Waals surface area contributed by atoms with E-state index in [0.29, 0.717) is 31.0 Å². The van der Waals surface area contributed by atoms with Gasteiger partial charge in [0.25, 0.3) is 0 Å². The zero-order chi connectivity index (χ0) is 17.9. The fourth-order valence-electron chi connectivity index (χ4n) is 3.46. The maximum atomic E-state index is 12.2. The van der Waals surface area contributed by atoms with Crippen LogP contribution >= 0.6 is 0 Å². The molecular formula is C18H25NO5S. The molecule has 1 aromatic carbocycles. The van der Waals surface area contributed by atoms with Crippen molar-refractivity contribution >= 4 is 15.7 Å². The molecule has 1 heterocycles. The molecule has 1 aliphatic carbocycles. The Labute approximate surface area is 148 Å². The largest absolute Gasteiger partial charge is 0.373 e. The Balaban J connectivity index is 1.45. The highest BCUT2D eigenvalue weighted by molar-refractivity contribution is 7.90. The molecule has 25 heavy (non-hydrogen) atoms. The first-order chi connectivity index (χ1) is 11.9. The zero-order valence-corrected chi connectivity index (χ0v) is 15.3. The van der Waals surface area contributed by atoms with Crippen LogP contribution in [-0.4, -0.2) is 52.0 Å². The predicted molar refractivity (Wildman–Crippen MR) is 93.1 cm³/mol. The maximum absolute atomic E-state index is 12.2. The van der Waals surface area contributed by atoms with Gasteiger partial charge < -0.3 is 14.8 Å². The van der Waals surface area contributed by atoms with E-state index in [1.165, 1.54) is 6.26 Å². The minimum atomic E-state index is -3.18. The van der Waals surface area contributed by atoms with E-state index in [-0.39, 0.29) is 24.2 Å². The van der Waals surface area contributed by atoms with Gasteiger partial charge in [-0.3, -0.25) is 4.79 Å². The van der Waals surface area contributed by atoms with Gasteiger partial charge in [-0.1, -0.05) is 12.1 Å². The Bertz CT molecular complexity index is 701. The first-order valence-corrected chi connectivity index (χ1v) is 10.6. The normalized spacial score (nSPS) is 26.7. The second-order valence-corrected chi connectivity index (χ2v) is 8.83. The number of ether oxygens (including phenoxy) is 2. The molecule has 1 amide bonds. The summed E-state index contributed by atoms with van der Waals surface area (Å²) in [5.74, 6) is 0.0207. The third-order valence-corrected chi connectivity index (χ3v) is 5.96. The van der Waals surface area contributed by atoms with Crippen molar-refractivity contribution in [1.29, 1.82) is 0 Å². The Hall–Kier alpha value is -1.44. The van der Waals surface area contributed by atoms with Gasteiger partial charge in [0, 0.05) is 18.7 Å². The minimum Gasteiger partial charge on any atom is -0.373 e. The summed E-state index contributed by atoms with van der Waals surface area (Å²) in [5, 5.41) is 3.09. The van der Waals surface area contributed by atoms with E-state index in [0.717, 1.165) is 24.8 Å². The van der Waals surface area contributed by atoms with Gasteiger partial charge in [-0.05, 0) is 43.4 Å². The monoisotopic (exact) mass is 367 g/mol. The molecule has 2 fully saturated rings. The Morgan fingerprint density at radius 3 is 2.48 bits per heavy atom. The Kier molecular flexibility index (Phi) is 5.76. The van der Waals surface area contributed by atoms with Gasteiger partial charge in [-0.15, -0.1) is 0 Å². The molecule has 7 heteroatoms. The molecular weight excluding hydrogens is 342 g/mol. The average molecular weight is 367 g/mol. The SMILES string of the molecule is CS(=O)(=O)c1ccc(CCC(=O)N[C@@H]2CC[C@H]3OCCO[C@H]3C2)cc1. The number of carbonyl (C=O) groups is 1. The quantitative estimate of drug-likeness (QED) is 0.852.